The first-order valence-corrected chi connectivity index (χ1v) is 9.34. The van der Waals surface area contributed by atoms with Gasteiger partial charge >= 0.3 is 0 Å². The molecule has 28 heavy (non-hydrogen) atoms. The highest BCUT2D eigenvalue weighted by atomic mass is 19.1. The number of tetrazole rings is 1. The van der Waals surface area contributed by atoms with Crippen LogP contribution in [0.2, 0.25) is 0 Å². The molecule has 0 saturated carbocycles. The molecule has 8 heteroatoms. The van der Waals surface area contributed by atoms with Gasteiger partial charge in [-0.3, -0.25) is 0 Å². The Balaban J connectivity index is 1.42. The summed E-state index contributed by atoms with van der Waals surface area (Å²) >= 11 is 0. The van der Waals surface area contributed by atoms with Crippen LogP contribution in [0.15, 0.2) is 54.9 Å². The summed E-state index contributed by atoms with van der Waals surface area (Å²) in [5.74, 6) is -0.829. The lowest BCUT2D eigenvalue weighted by Crippen LogP contribution is -2.52. The zero-order chi connectivity index (χ0) is 19.0. The molecule has 3 heterocycles. The first-order chi connectivity index (χ1) is 13.7. The first kappa shape index (κ1) is 17.4. The number of hydrogen-bond acceptors (Lipinski definition) is 6. The summed E-state index contributed by atoms with van der Waals surface area (Å²) in [4.78, 5) is 0. The number of nitrogens with one attached hydrogen (secondary N) is 1. The van der Waals surface area contributed by atoms with Gasteiger partial charge in [-0.1, -0.05) is 24.3 Å². The molecule has 144 valence electrons. The van der Waals surface area contributed by atoms with Crippen LogP contribution in [0.5, 0.6) is 0 Å². The molecule has 3 aromatic rings. The Morgan fingerprint density at radius 1 is 1.11 bits per heavy atom. The summed E-state index contributed by atoms with van der Waals surface area (Å²) in [5.41, 5.74) is 3.02. The summed E-state index contributed by atoms with van der Waals surface area (Å²) in [6, 6.07) is 14.5. The number of morpholine rings is 1. The summed E-state index contributed by atoms with van der Waals surface area (Å²) in [7, 11) is 0. The fraction of sp³-hybridized carbons (Fsp3) is 0.350. The number of nitrogens with zero attached hydrogens (tertiary/aromatic N) is 4. The molecule has 2 fully saturated rings. The monoisotopic (exact) mass is 381 g/mol. The van der Waals surface area contributed by atoms with E-state index in [2.05, 4.69) is 33.0 Å². The van der Waals surface area contributed by atoms with Crippen molar-refractivity contribution >= 4 is 0 Å². The van der Waals surface area contributed by atoms with Gasteiger partial charge in [0.25, 0.3) is 0 Å². The van der Waals surface area contributed by atoms with Gasteiger partial charge in [0.05, 0.1) is 24.9 Å². The van der Waals surface area contributed by atoms with Gasteiger partial charge in [0, 0.05) is 18.9 Å². The van der Waals surface area contributed by atoms with Crippen LogP contribution in [-0.2, 0) is 9.47 Å². The lowest BCUT2D eigenvalue weighted by atomic mass is 9.88. The van der Waals surface area contributed by atoms with Crippen molar-refractivity contribution in [1.82, 2.24) is 25.5 Å². The Bertz CT molecular complexity index is 949. The van der Waals surface area contributed by atoms with Crippen LogP contribution in [0.4, 0.5) is 4.39 Å². The van der Waals surface area contributed by atoms with Crippen molar-refractivity contribution in [3.63, 3.8) is 0 Å². The van der Waals surface area contributed by atoms with Gasteiger partial charge in [-0.15, -0.1) is 5.10 Å². The lowest BCUT2D eigenvalue weighted by molar-refractivity contribution is -0.245. The predicted molar refractivity (Wildman–Crippen MR) is 98.3 cm³/mol. The Kier molecular flexibility index (Phi) is 4.38. The van der Waals surface area contributed by atoms with Crippen molar-refractivity contribution in [2.24, 2.45) is 0 Å². The number of aromatic nitrogens is 4. The van der Waals surface area contributed by atoms with Gasteiger partial charge in [-0.2, -0.15) is 0 Å². The molecule has 2 saturated heterocycles. The van der Waals surface area contributed by atoms with Gasteiger partial charge < -0.3 is 14.8 Å². The summed E-state index contributed by atoms with van der Waals surface area (Å²) in [5, 5.41) is 14.8. The van der Waals surface area contributed by atoms with Crippen LogP contribution in [0.3, 0.4) is 0 Å². The third kappa shape index (κ3) is 3.09. The van der Waals surface area contributed by atoms with Crippen molar-refractivity contribution in [2.75, 3.05) is 19.8 Å². The zero-order valence-electron chi connectivity index (χ0n) is 15.2. The van der Waals surface area contributed by atoms with Crippen molar-refractivity contribution in [2.45, 2.75) is 24.2 Å². The fourth-order valence-corrected chi connectivity index (χ4v) is 4.11. The number of rotatable bonds is 3. The normalized spacial score (nSPS) is 27.3. The highest BCUT2D eigenvalue weighted by molar-refractivity contribution is 5.37. The SMILES string of the molecule is Fc1ccc(C2NCCOC23CC(c2cccc(-n4cnnn4)c2)CO3)cc1. The minimum absolute atomic E-state index is 0.144. The molecular formula is C20H20FN5O2. The van der Waals surface area contributed by atoms with Crippen LogP contribution in [0.25, 0.3) is 5.69 Å². The Labute approximate surface area is 161 Å². The van der Waals surface area contributed by atoms with E-state index in [-0.39, 0.29) is 17.8 Å². The Hall–Kier alpha value is -2.68. The van der Waals surface area contributed by atoms with E-state index in [4.69, 9.17) is 9.47 Å². The van der Waals surface area contributed by atoms with Crippen LogP contribution in [-0.4, -0.2) is 45.8 Å². The third-order valence-electron chi connectivity index (χ3n) is 5.45. The van der Waals surface area contributed by atoms with Crippen molar-refractivity contribution in [1.29, 1.82) is 0 Å². The largest absolute Gasteiger partial charge is 0.347 e. The van der Waals surface area contributed by atoms with E-state index < -0.39 is 5.79 Å². The molecule has 0 amide bonds. The Morgan fingerprint density at radius 2 is 2.00 bits per heavy atom. The summed E-state index contributed by atoms with van der Waals surface area (Å²) < 4.78 is 27.4. The average Bonchev–Trinajstić information content (AvgIpc) is 3.41. The average molecular weight is 381 g/mol. The molecule has 1 aromatic heterocycles. The third-order valence-corrected chi connectivity index (χ3v) is 5.45. The maximum Gasteiger partial charge on any atom is 0.188 e. The van der Waals surface area contributed by atoms with Gasteiger partial charge in [-0.05, 0) is 45.8 Å². The van der Waals surface area contributed by atoms with E-state index in [9.17, 15) is 4.39 Å². The fourth-order valence-electron chi connectivity index (χ4n) is 4.11. The van der Waals surface area contributed by atoms with Crippen molar-refractivity contribution in [3.8, 4) is 5.69 Å². The maximum absolute atomic E-state index is 13.4. The lowest BCUT2D eigenvalue weighted by Gasteiger charge is -2.41. The van der Waals surface area contributed by atoms with Crippen LogP contribution in [0, 0.1) is 5.82 Å². The molecule has 0 radical (unpaired) electrons. The van der Waals surface area contributed by atoms with E-state index in [0.29, 0.717) is 19.6 Å². The van der Waals surface area contributed by atoms with Gasteiger partial charge in [0.1, 0.15) is 12.1 Å². The maximum atomic E-state index is 13.4. The highest BCUT2D eigenvalue weighted by Crippen LogP contribution is 2.46. The van der Waals surface area contributed by atoms with Crippen LogP contribution < -0.4 is 5.32 Å². The first-order valence-electron chi connectivity index (χ1n) is 9.34. The smallest absolute Gasteiger partial charge is 0.188 e. The highest BCUT2D eigenvalue weighted by Gasteiger charge is 2.50. The second kappa shape index (κ2) is 7.05. The number of hydrogen-bond donors (Lipinski definition) is 1. The molecule has 1 N–H and O–H groups in total. The molecule has 7 nitrogen and oxygen atoms in total. The zero-order valence-corrected chi connectivity index (χ0v) is 15.2. The van der Waals surface area contributed by atoms with E-state index in [1.807, 2.05) is 12.1 Å². The number of halogens is 1. The van der Waals surface area contributed by atoms with Crippen molar-refractivity contribution in [3.05, 3.63) is 71.8 Å². The second-order valence-electron chi connectivity index (χ2n) is 7.16. The topological polar surface area (TPSA) is 74.1 Å². The van der Waals surface area contributed by atoms with E-state index in [1.54, 1.807) is 23.1 Å². The molecule has 0 aliphatic carbocycles. The second-order valence-corrected chi connectivity index (χ2v) is 7.16. The van der Waals surface area contributed by atoms with Crippen LogP contribution in [0.1, 0.15) is 29.5 Å². The van der Waals surface area contributed by atoms with Crippen molar-refractivity contribution < 1.29 is 13.9 Å². The molecule has 3 unspecified atom stereocenters. The minimum Gasteiger partial charge on any atom is -0.347 e. The minimum atomic E-state index is -0.758. The van der Waals surface area contributed by atoms with Gasteiger partial charge in [0.2, 0.25) is 0 Å². The van der Waals surface area contributed by atoms with E-state index >= 15 is 0 Å². The molecule has 5 rings (SSSR count). The van der Waals surface area contributed by atoms with Gasteiger partial charge in [0.15, 0.2) is 5.79 Å². The summed E-state index contributed by atoms with van der Waals surface area (Å²) in [6.45, 7) is 1.86. The predicted octanol–water partition coefficient (Wildman–Crippen LogP) is 2.36. The molecule has 2 aromatic carbocycles. The van der Waals surface area contributed by atoms with Crippen LogP contribution >= 0.6 is 0 Å². The summed E-state index contributed by atoms with van der Waals surface area (Å²) in [6.07, 6.45) is 2.28. The van der Waals surface area contributed by atoms with E-state index in [1.165, 1.54) is 12.1 Å². The molecule has 3 atom stereocenters. The van der Waals surface area contributed by atoms with E-state index in [0.717, 1.165) is 23.4 Å². The van der Waals surface area contributed by atoms with Gasteiger partial charge in [-0.25, -0.2) is 9.07 Å². The standard InChI is InChI=1S/C20H20FN5O2/c21-17-6-4-14(5-7-17)19-20(27-9-8-22-19)11-16(12-28-20)15-2-1-3-18(10-15)26-13-23-24-25-26/h1-7,10,13,16,19,22H,8-9,11-12H2. The quantitative estimate of drug-likeness (QED) is 0.751. The molecule has 2 aliphatic heterocycles. The Morgan fingerprint density at radius 3 is 2.82 bits per heavy atom. The molecular weight excluding hydrogens is 361 g/mol. The molecule has 0 bridgehead atoms. The molecule has 2 aliphatic rings. The molecule has 1 spiro atoms. The number of ether oxygens (including phenoxy) is 2. The number of benzene rings is 2.